The molecule has 0 heterocycles. The van der Waals surface area contributed by atoms with Crippen LogP contribution in [0.15, 0.2) is 18.2 Å². The fraction of sp³-hybridized carbons (Fsp3) is 0.571. The van der Waals surface area contributed by atoms with Crippen LogP contribution in [0.25, 0.3) is 0 Å². The van der Waals surface area contributed by atoms with Crippen LogP contribution in [0, 0.1) is 11.7 Å². The maximum absolute atomic E-state index is 13.2. The maximum atomic E-state index is 13.2. The summed E-state index contributed by atoms with van der Waals surface area (Å²) in [6, 6.07) is 5.60. The lowest BCUT2D eigenvalue weighted by Gasteiger charge is -2.27. The Morgan fingerprint density at radius 1 is 1.29 bits per heavy atom. The molecule has 0 aliphatic heterocycles. The molecule has 1 aliphatic carbocycles. The molecule has 0 spiro atoms. The number of hydrogen-bond donors (Lipinski definition) is 1. The fourth-order valence-corrected chi connectivity index (χ4v) is 2.49. The van der Waals surface area contributed by atoms with Gasteiger partial charge in [0.25, 0.3) is 0 Å². The molecule has 17 heavy (non-hydrogen) atoms. The summed E-state index contributed by atoms with van der Waals surface area (Å²) in [7, 11) is 0. The zero-order chi connectivity index (χ0) is 12.3. The van der Waals surface area contributed by atoms with Gasteiger partial charge in [-0.05, 0) is 49.3 Å². The molecule has 1 aromatic carbocycles. The molecule has 0 atom stereocenters. The fourth-order valence-electron chi connectivity index (χ4n) is 2.38. The van der Waals surface area contributed by atoms with E-state index in [2.05, 4.69) is 12.2 Å². The predicted molar refractivity (Wildman–Crippen MR) is 69.7 cm³/mol. The molecule has 1 nitrogen and oxygen atoms in total. The second-order valence-electron chi connectivity index (χ2n) is 5.09. The van der Waals surface area contributed by atoms with Gasteiger partial charge in [-0.1, -0.05) is 24.6 Å². The highest BCUT2D eigenvalue weighted by atomic mass is 35.5. The van der Waals surface area contributed by atoms with Crippen molar-refractivity contribution >= 4 is 11.6 Å². The summed E-state index contributed by atoms with van der Waals surface area (Å²) in [4.78, 5) is 0. The zero-order valence-corrected chi connectivity index (χ0v) is 10.9. The Hall–Kier alpha value is -0.600. The van der Waals surface area contributed by atoms with Crippen LogP contribution in [-0.2, 0) is 6.54 Å². The molecule has 0 aromatic heterocycles. The lowest BCUT2D eigenvalue weighted by molar-refractivity contribution is 0.306. The van der Waals surface area contributed by atoms with Crippen molar-refractivity contribution in [3.8, 4) is 0 Å². The average Bonchev–Trinajstić information content (AvgIpc) is 2.33. The Labute approximate surface area is 107 Å². The van der Waals surface area contributed by atoms with Gasteiger partial charge in [0.15, 0.2) is 0 Å². The van der Waals surface area contributed by atoms with E-state index in [4.69, 9.17) is 11.6 Å². The summed E-state index contributed by atoms with van der Waals surface area (Å²) in [5.41, 5.74) is 0.963. The van der Waals surface area contributed by atoms with Crippen LogP contribution in [0.1, 0.15) is 38.2 Å². The van der Waals surface area contributed by atoms with Crippen molar-refractivity contribution < 1.29 is 4.39 Å². The number of benzene rings is 1. The van der Waals surface area contributed by atoms with Crippen molar-refractivity contribution in [2.45, 2.75) is 45.2 Å². The van der Waals surface area contributed by atoms with Crippen molar-refractivity contribution in [2.75, 3.05) is 0 Å². The van der Waals surface area contributed by atoms with Gasteiger partial charge in [0.2, 0.25) is 0 Å². The first-order valence-electron chi connectivity index (χ1n) is 6.32. The van der Waals surface area contributed by atoms with Gasteiger partial charge in [-0.15, -0.1) is 0 Å². The van der Waals surface area contributed by atoms with Crippen molar-refractivity contribution in [1.29, 1.82) is 0 Å². The lowest BCUT2D eigenvalue weighted by Crippen LogP contribution is -2.32. The second kappa shape index (κ2) is 5.83. The van der Waals surface area contributed by atoms with Crippen LogP contribution < -0.4 is 5.32 Å². The van der Waals surface area contributed by atoms with E-state index in [9.17, 15) is 4.39 Å². The lowest BCUT2D eigenvalue weighted by atomic mass is 9.87. The van der Waals surface area contributed by atoms with E-state index in [1.807, 2.05) is 6.07 Å². The normalized spacial score (nSPS) is 24.9. The van der Waals surface area contributed by atoms with Gasteiger partial charge in [0.05, 0.1) is 5.02 Å². The first kappa shape index (κ1) is 12.8. The van der Waals surface area contributed by atoms with Crippen LogP contribution in [0.4, 0.5) is 4.39 Å². The van der Waals surface area contributed by atoms with E-state index in [1.165, 1.54) is 31.7 Å². The monoisotopic (exact) mass is 255 g/mol. The molecule has 1 saturated carbocycles. The molecular formula is C14H19ClFN. The van der Waals surface area contributed by atoms with E-state index in [1.54, 1.807) is 6.07 Å². The summed E-state index contributed by atoms with van der Waals surface area (Å²) >= 11 is 5.65. The standard InChI is InChI=1S/C14H19ClFN/c1-10-2-5-12(6-3-10)17-9-11-4-7-13(15)14(16)8-11/h4,7-8,10,12,17H,2-3,5-6,9H2,1H3. The Kier molecular flexibility index (Phi) is 4.41. The Balaban J connectivity index is 1.83. The molecule has 2 rings (SSSR count). The molecule has 0 amide bonds. The molecule has 0 unspecified atom stereocenters. The largest absolute Gasteiger partial charge is 0.310 e. The van der Waals surface area contributed by atoms with Crippen LogP contribution in [-0.4, -0.2) is 6.04 Å². The van der Waals surface area contributed by atoms with Crippen molar-refractivity contribution in [3.63, 3.8) is 0 Å². The smallest absolute Gasteiger partial charge is 0.142 e. The van der Waals surface area contributed by atoms with Crippen LogP contribution in [0.2, 0.25) is 5.02 Å². The van der Waals surface area contributed by atoms with Gasteiger partial charge in [-0.2, -0.15) is 0 Å². The van der Waals surface area contributed by atoms with Crippen molar-refractivity contribution in [3.05, 3.63) is 34.6 Å². The summed E-state index contributed by atoms with van der Waals surface area (Å²) in [5, 5.41) is 3.69. The van der Waals surface area contributed by atoms with Crippen molar-refractivity contribution in [2.24, 2.45) is 5.92 Å². The summed E-state index contributed by atoms with van der Waals surface area (Å²) < 4.78 is 13.2. The third kappa shape index (κ3) is 3.68. The Morgan fingerprint density at radius 2 is 2.00 bits per heavy atom. The molecule has 94 valence electrons. The molecule has 3 heteroatoms. The Bertz CT molecular complexity index is 372. The molecular weight excluding hydrogens is 237 g/mol. The average molecular weight is 256 g/mol. The van der Waals surface area contributed by atoms with E-state index >= 15 is 0 Å². The van der Waals surface area contributed by atoms with E-state index in [-0.39, 0.29) is 10.8 Å². The topological polar surface area (TPSA) is 12.0 Å². The summed E-state index contributed by atoms with van der Waals surface area (Å²) in [5.74, 6) is 0.532. The Morgan fingerprint density at radius 3 is 2.65 bits per heavy atom. The predicted octanol–water partition coefficient (Wildman–Crippen LogP) is 4.15. The minimum absolute atomic E-state index is 0.195. The quantitative estimate of drug-likeness (QED) is 0.856. The van der Waals surface area contributed by atoms with E-state index in [0.29, 0.717) is 6.04 Å². The van der Waals surface area contributed by atoms with Gasteiger partial charge in [-0.3, -0.25) is 0 Å². The van der Waals surface area contributed by atoms with Gasteiger partial charge in [0.1, 0.15) is 5.82 Å². The first-order valence-corrected chi connectivity index (χ1v) is 6.70. The molecule has 1 fully saturated rings. The summed E-state index contributed by atoms with van der Waals surface area (Å²) in [6.07, 6.45) is 5.06. The number of hydrogen-bond acceptors (Lipinski definition) is 1. The zero-order valence-electron chi connectivity index (χ0n) is 10.2. The molecule has 0 radical (unpaired) electrons. The van der Waals surface area contributed by atoms with Crippen LogP contribution >= 0.6 is 11.6 Å². The summed E-state index contributed by atoms with van der Waals surface area (Å²) in [6.45, 7) is 3.04. The van der Waals surface area contributed by atoms with Crippen molar-refractivity contribution in [1.82, 2.24) is 5.32 Å². The molecule has 0 bridgehead atoms. The minimum Gasteiger partial charge on any atom is -0.310 e. The third-order valence-electron chi connectivity index (χ3n) is 3.59. The first-order chi connectivity index (χ1) is 8.15. The number of halogens is 2. The highest BCUT2D eigenvalue weighted by molar-refractivity contribution is 6.30. The SMILES string of the molecule is CC1CCC(NCc2ccc(Cl)c(F)c2)CC1. The van der Waals surface area contributed by atoms with Gasteiger partial charge in [0, 0.05) is 12.6 Å². The highest BCUT2D eigenvalue weighted by Crippen LogP contribution is 2.23. The molecule has 1 N–H and O–H groups in total. The van der Waals surface area contributed by atoms with Gasteiger partial charge < -0.3 is 5.32 Å². The number of nitrogens with one attached hydrogen (secondary N) is 1. The van der Waals surface area contributed by atoms with E-state index < -0.39 is 0 Å². The molecule has 0 saturated heterocycles. The van der Waals surface area contributed by atoms with E-state index in [0.717, 1.165) is 18.0 Å². The van der Waals surface area contributed by atoms with Gasteiger partial charge in [-0.25, -0.2) is 4.39 Å². The second-order valence-corrected chi connectivity index (χ2v) is 5.49. The highest BCUT2D eigenvalue weighted by Gasteiger charge is 2.17. The minimum atomic E-state index is -0.330. The number of rotatable bonds is 3. The van der Waals surface area contributed by atoms with Gasteiger partial charge >= 0.3 is 0 Å². The molecule has 1 aromatic rings. The maximum Gasteiger partial charge on any atom is 0.142 e. The third-order valence-corrected chi connectivity index (χ3v) is 3.90. The van der Waals surface area contributed by atoms with Crippen LogP contribution in [0.5, 0.6) is 0 Å². The van der Waals surface area contributed by atoms with Crippen LogP contribution in [0.3, 0.4) is 0 Å². The molecule has 1 aliphatic rings.